The van der Waals surface area contributed by atoms with Gasteiger partial charge in [0, 0.05) is 18.6 Å². The van der Waals surface area contributed by atoms with Crippen LogP contribution in [0.5, 0.6) is 5.75 Å². The van der Waals surface area contributed by atoms with Crippen LogP contribution < -0.4 is 5.73 Å². The van der Waals surface area contributed by atoms with Gasteiger partial charge in [-0.1, -0.05) is 12.1 Å². The molecular formula is C11H15NO2. The summed E-state index contributed by atoms with van der Waals surface area (Å²) in [6.07, 6.45) is 0.935. The summed E-state index contributed by atoms with van der Waals surface area (Å²) in [5.41, 5.74) is 7.07. The third-order valence-electron chi connectivity index (χ3n) is 2.70. The average Bonchev–Trinajstić information content (AvgIpc) is 2.18. The lowest BCUT2D eigenvalue weighted by atomic mass is 9.88. The molecule has 3 N–H and O–H groups in total. The van der Waals surface area contributed by atoms with E-state index in [-0.39, 0.29) is 6.04 Å². The van der Waals surface area contributed by atoms with Crippen molar-refractivity contribution in [1.29, 1.82) is 0 Å². The van der Waals surface area contributed by atoms with Crippen LogP contribution in [0.25, 0.3) is 0 Å². The van der Waals surface area contributed by atoms with E-state index in [2.05, 4.69) is 0 Å². The number of phenolic OH excluding ortho intramolecular Hbond substituents is 1. The number of rotatable bonds is 1. The first-order valence-corrected chi connectivity index (χ1v) is 4.89. The molecule has 1 heterocycles. The average molecular weight is 193 g/mol. The van der Waals surface area contributed by atoms with E-state index in [4.69, 9.17) is 10.5 Å². The molecule has 2 atom stereocenters. The Bertz CT molecular complexity index is 314. The van der Waals surface area contributed by atoms with E-state index in [1.807, 2.05) is 12.1 Å². The van der Waals surface area contributed by atoms with E-state index in [0.717, 1.165) is 18.6 Å². The Morgan fingerprint density at radius 3 is 3.00 bits per heavy atom. The highest BCUT2D eigenvalue weighted by molar-refractivity contribution is 5.30. The molecule has 14 heavy (non-hydrogen) atoms. The number of aromatic hydroxyl groups is 1. The highest BCUT2D eigenvalue weighted by Crippen LogP contribution is 2.27. The summed E-state index contributed by atoms with van der Waals surface area (Å²) in [7, 11) is 0. The summed E-state index contributed by atoms with van der Waals surface area (Å²) in [5.74, 6) is 0.622. The van der Waals surface area contributed by atoms with Gasteiger partial charge in [0.25, 0.3) is 0 Å². The molecule has 1 saturated heterocycles. The lowest BCUT2D eigenvalue weighted by Gasteiger charge is -2.28. The Balaban J connectivity index is 2.20. The molecule has 76 valence electrons. The molecular weight excluding hydrogens is 178 g/mol. The molecule has 2 unspecified atom stereocenters. The zero-order valence-corrected chi connectivity index (χ0v) is 8.02. The molecule has 0 aliphatic carbocycles. The Labute approximate surface area is 83.5 Å². The van der Waals surface area contributed by atoms with Gasteiger partial charge in [-0.2, -0.15) is 0 Å². The first-order valence-electron chi connectivity index (χ1n) is 4.89. The SMILES string of the molecule is NC1COCCC1c1cccc(O)c1. The Hall–Kier alpha value is -1.06. The summed E-state index contributed by atoms with van der Waals surface area (Å²) in [6.45, 7) is 1.37. The molecule has 0 bridgehead atoms. The minimum absolute atomic E-state index is 0.0468. The Morgan fingerprint density at radius 2 is 2.29 bits per heavy atom. The minimum Gasteiger partial charge on any atom is -0.508 e. The maximum Gasteiger partial charge on any atom is 0.115 e. The van der Waals surface area contributed by atoms with Crippen molar-refractivity contribution in [3.05, 3.63) is 29.8 Å². The van der Waals surface area contributed by atoms with Gasteiger partial charge in [-0.3, -0.25) is 0 Å². The molecule has 3 heteroatoms. The number of hydrogen-bond acceptors (Lipinski definition) is 3. The van der Waals surface area contributed by atoms with Crippen molar-refractivity contribution in [2.24, 2.45) is 5.73 Å². The molecule has 2 rings (SSSR count). The van der Waals surface area contributed by atoms with E-state index in [1.54, 1.807) is 12.1 Å². The highest BCUT2D eigenvalue weighted by Gasteiger charge is 2.23. The van der Waals surface area contributed by atoms with Gasteiger partial charge in [0.2, 0.25) is 0 Å². The summed E-state index contributed by atoms with van der Waals surface area (Å²) in [4.78, 5) is 0. The van der Waals surface area contributed by atoms with E-state index >= 15 is 0 Å². The zero-order valence-electron chi connectivity index (χ0n) is 8.02. The monoisotopic (exact) mass is 193 g/mol. The first kappa shape index (κ1) is 9.49. The molecule has 0 amide bonds. The van der Waals surface area contributed by atoms with Crippen molar-refractivity contribution in [1.82, 2.24) is 0 Å². The third-order valence-corrected chi connectivity index (χ3v) is 2.70. The molecule has 1 aliphatic rings. The number of hydrogen-bond donors (Lipinski definition) is 2. The van der Waals surface area contributed by atoms with Crippen LogP contribution in [0.2, 0.25) is 0 Å². The third kappa shape index (κ3) is 1.89. The van der Waals surface area contributed by atoms with Gasteiger partial charge < -0.3 is 15.6 Å². The van der Waals surface area contributed by atoms with Crippen molar-refractivity contribution in [2.75, 3.05) is 13.2 Å². The fraction of sp³-hybridized carbons (Fsp3) is 0.455. The number of phenols is 1. The van der Waals surface area contributed by atoms with E-state index in [1.165, 1.54) is 0 Å². The lowest BCUT2D eigenvalue weighted by molar-refractivity contribution is 0.0695. The quantitative estimate of drug-likeness (QED) is 0.705. The number of benzene rings is 1. The van der Waals surface area contributed by atoms with Crippen molar-refractivity contribution < 1.29 is 9.84 Å². The molecule has 1 aliphatic heterocycles. The van der Waals surface area contributed by atoms with Gasteiger partial charge in [0.05, 0.1) is 6.61 Å². The van der Waals surface area contributed by atoms with Crippen LogP contribution >= 0.6 is 0 Å². The predicted molar refractivity (Wildman–Crippen MR) is 54.3 cm³/mol. The molecule has 1 aromatic rings. The van der Waals surface area contributed by atoms with Crippen LogP contribution in [0.1, 0.15) is 17.9 Å². The maximum atomic E-state index is 9.36. The fourth-order valence-corrected chi connectivity index (χ4v) is 1.93. The second kappa shape index (κ2) is 3.98. The highest BCUT2D eigenvalue weighted by atomic mass is 16.5. The lowest BCUT2D eigenvalue weighted by Crippen LogP contribution is -2.37. The van der Waals surface area contributed by atoms with Gasteiger partial charge in [-0.15, -0.1) is 0 Å². The molecule has 0 spiro atoms. The fourth-order valence-electron chi connectivity index (χ4n) is 1.93. The largest absolute Gasteiger partial charge is 0.508 e. The number of nitrogens with two attached hydrogens (primary N) is 1. The van der Waals surface area contributed by atoms with Gasteiger partial charge >= 0.3 is 0 Å². The molecule has 3 nitrogen and oxygen atoms in total. The summed E-state index contributed by atoms with van der Waals surface area (Å²) in [5, 5.41) is 9.36. The molecule has 0 aromatic heterocycles. The van der Waals surface area contributed by atoms with Gasteiger partial charge in [0.15, 0.2) is 0 Å². The predicted octanol–water partition coefficient (Wildman–Crippen LogP) is 1.22. The molecule has 1 fully saturated rings. The van der Waals surface area contributed by atoms with E-state index < -0.39 is 0 Å². The van der Waals surface area contributed by atoms with Gasteiger partial charge in [-0.05, 0) is 24.1 Å². The van der Waals surface area contributed by atoms with Crippen molar-refractivity contribution in [2.45, 2.75) is 18.4 Å². The van der Waals surface area contributed by atoms with Crippen molar-refractivity contribution in [3.63, 3.8) is 0 Å². The summed E-state index contributed by atoms with van der Waals surface area (Å²) in [6, 6.07) is 7.37. The Kier molecular flexibility index (Phi) is 2.70. The first-order chi connectivity index (χ1) is 6.77. The van der Waals surface area contributed by atoms with Crippen LogP contribution in [-0.2, 0) is 4.74 Å². The van der Waals surface area contributed by atoms with Gasteiger partial charge in [-0.25, -0.2) is 0 Å². The van der Waals surface area contributed by atoms with Gasteiger partial charge in [0.1, 0.15) is 5.75 Å². The molecule has 0 radical (unpaired) electrons. The van der Waals surface area contributed by atoms with Crippen LogP contribution in [0.15, 0.2) is 24.3 Å². The topological polar surface area (TPSA) is 55.5 Å². The van der Waals surface area contributed by atoms with E-state index in [9.17, 15) is 5.11 Å². The van der Waals surface area contributed by atoms with Crippen molar-refractivity contribution in [3.8, 4) is 5.75 Å². The van der Waals surface area contributed by atoms with E-state index in [0.29, 0.717) is 18.3 Å². The second-order valence-corrected chi connectivity index (χ2v) is 3.73. The zero-order chi connectivity index (χ0) is 9.97. The minimum atomic E-state index is 0.0468. The molecule has 1 aromatic carbocycles. The van der Waals surface area contributed by atoms with Crippen LogP contribution in [-0.4, -0.2) is 24.4 Å². The van der Waals surface area contributed by atoms with Crippen molar-refractivity contribution >= 4 is 0 Å². The maximum absolute atomic E-state index is 9.36. The standard InChI is InChI=1S/C11H15NO2/c12-11-7-14-5-4-10(11)8-2-1-3-9(13)6-8/h1-3,6,10-11,13H,4-5,7,12H2. The second-order valence-electron chi connectivity index (χ2n) is 3.73. The summed E-state index contributed by atoms with van der Waals surface area (Å²) >= 11 is 0. The summed E-state index contributed by atoms with van der Waals surface area (Å²) < 4.78 is 5.28. The number of ether oxygens (including phenoxy) is 1. The van der Waals surface area contributed by atoms with Crippen LogP contribution in [0.4, 0.5) is 0 Å². The Morgan fingerprint density at radius 1 is 1.43 bits per heavy atom. The normalized spacial score (nSPS) is 27.5. The molecule has 0 saturated carbocycles. The van der Waals surface area contributed by atoms with Crippen LogP contribution in [0, 0.1) is 0 Å². The van der Waals surface area contributed by atoms with Crippen LogP contribution in [0.3, 0.4) is 0 Å². The smallest absolute Gasteiger partial charge is 0.115 e.